The van der Waals surface area contributed by atoms with Crippen molar-refractivity contribution in [3.05, 3.63) is 71.8 Å². The molecule has 3 aromatic rings. The summed E-state index contributed by atoms with van der Waals surface area (Å²) in [4.78, 5) is 20.5. The third kappa shape index (κ3) is 5.03. The number of benzene rings is 1. The molecule has 2 heterocycles. The highest BCUT2D eigenvalue weighted by Crippen LogP contribution is 2.13. The average Bonchev–Trinajstić information content (AvgIpc) is 3.09. The smallest absolute Gasteiger partial charge is 0.250 e. The van der Waals surface area contributed by atoms with Crippen LogP contribution < -0.4 is 5.43 Å². The van der Waals surface area contributed by atoms with Crippen LogP contribution >= 0.6 is 11.8 Å². The van der Waals surface area contributed by atoms with Crippen LogP contribution in [0.2, 0.25) is 0 Å². The van der Waals surface area contributed by atoms with Gasteiger partial charge in [0.25, 0.3) is 5.91 Å². The number of aromatic nitrogens is 3. The van der Waals surface area contributed by atoms with Crippen molar-refractivity contribution in [2.45, 2.75) is 19.0 Å². The van der Waals surface area contributed by atoms with E-state index < -0.39 is 0 Å². The van der Waals surface area contributed by atoms with Gasteiger partial charge in [-0.3, -0.25) is 4.79 Å². The fraction of sp³-hybridized carbons (Fsp3) is 0.158. The van der Waals surface area contributed by atoms with Gasteiger partial charge in [-0.2, -0.15) is 5.10 Å². The molecule has 0 atom stereocenters. The molecule has 0 aliphatic rings. The van der Waals surface area contributed by atoms with Crippen molar-refractivity contribution in [2.75, 3.05) is 5.75 Å². The lowest BCUT2D eigenvalue weighted by Crippen LogP contribution is -2.19. The second-order valence-electron chi connectivity index (χ2n) is 5.70. The fourth-order valence-electron chi connectivity index (χ4n) is 2.35. The van der Waals surface area contributed by atoms with Crippen molar-refractivity contribution in [3.63, 3.8) is 0 Å². The fourth-order valence-corrected chi connectivity index (χ4v) is 3.09. The van der Waals surface area contributed by atoms with Crippen LogP contribution in [0.1, 0.15) is 17.0 Å². The molecule has 2 aromatic heterocycles. The van der Waals surface area contributed by atoms with Crippen LogP contribution in [0, 0.1) is 13.8 Å². The maximum atomic E-state index is 11.9. The zero-order valence-electron chi connectivity index (χ0n) is 14.6. The zero-order chi connectivity index (χ0) is 18.4. The summed E-state index contributed by atoms with van der Waals surface area (Å²) in [6.45, 7) is 3.81. The molecule has 0 fully saturated rings. The van der Waals surface area contributed by atoms with Crippen molar-refractivity contribution < 1.29 is 4.79 Å². The summed E-state index contributed by atoms with van der Waals surface area (Å²) >= 11 is 1.29. The average molecular weight is 365 g/mol. The Morgan fingerprint density at radius 1 is 1.19 bits per heavy atom. The predicted molar refractivity (Wildman–Crippen MR) is 104 cm³/mol. The van der Waals surface area contributed by atoms with Gasteiger partial charge in [0, 0.05) is 35.0 Å². The van der Waals surface area contributed by atoms with Crippen LogP contribution in [0.15, 0.2) is 65.1 Å². The summed E-state index contributed by atoms with van der Waals surface area (Å²) in [5.41, 5.74) is 6.28. The molecular weight excluding hydrogens is 346 g/mol. The number of nitrogens with zero attached hydrogens (tertiary/aromatic N) is 4. The minimum atomic E-state index is -0.198. The predicted octanol–water partition coefficient (Wildman–Crippen LogP) is 3.13. The van der Waals surface area contributed by atoms with Crippen LogP contribution in [0.3, 0.4) is 0 Å². The number of rotatable bonds is 6. The van der Waals surface area contributed by atoms with Gasteiger partial charge in [0.2, 0.25) is 0 Å². The first-order chi connectivity index (χ1) is 12.6. The molecule has 0 unspecified atom stereocenters. The van der Waals surface area contributed by atoms with Crippen LogP contribution in [-0.4, -0.2) is 32.4 Å². The van der Waals surface area contributed by atoms with Gasteiger partial charge in [0.05, 0.1) is 12.0 Å². The van der Waals surface area contributed by atoms with E-state index in [2.05, 4.69) is 20.5 Å². The molecule has 26 heavy (non-hydrogen) atoms. The lowest BCUT2D eigenvalue weighted by atomic mass is 10.3. The van der Waals surface area contributed by atoms with E-state index in [1.807, 2.05) is 73.3 Å². The molecule has 0 bridgehead atoms. The Labute approximate surface area is 156 Å². The Morgan fingerprint density at radius 2 is 1.92 bits per heavy atom. The van der Waals surface area contributed by atoms with E-state index >= 15 is 0 Å². The third-order valence-electron chi connectivity index (χ3n) is 3.47. The molecule has 3 rings (SSSR count). The molecule has 1 N–H and O–H groups in total. The second-order valence-corrected chi connectivity index (χ2v) is 6.65. The van der Waals surface area contributed by atoms with Gasteiger partial charge in [-0.05, 0) is 38.1 Å². The number of hydrogen-bond donors (Lipinski definition) is 1. The van der Waals surface area contributed by atoms with E-state index in [9.17, 15) is 4.79 Å². The highest BCUT2D eigenvalue weighted by molar-refractivity contribution is 7.99. The van der Waals surface area contributed by atoms with E-state index in [-0.39, 0.29) is 11.7 Å². The SMILES string of the molecule is Cc1cc(C)nc(SCC(=O)N/N=C\c2ccn(-c3ccccc3)c2)n1. The Bertz CT molecular complexity index is 900. The number of amides is 1. The van der Waals surface area contributed by atoms with Crippen LogP contribution in [0.25, 0.3) is 5.69 Å². The standard InChI is InChI=1S/C19H19N5OS/c1-14-10-15(2)22-19(21-14)26-13-18(25)23-20-11-16-8-9-24(12-16)17-6-4-3-5-7-17/h3-12H,13H2,1-2H3,(H,23,25)/b20-11-. The van der Waals surface area contributed by atoms with Gasteiger partial charge in [-0.1, -0.05) is 30.0 Å². The number of nitrogens with one attached hydrogen (secondary N) is 1. The summed E-state index contributed by atoms with van der Waals surface area (Å²) in [6.07, 6.45) is 5.52. The molecule has 0 spiro atoms. The summed E-state index contributed by atoms with van der Waals surface area (Å²) in [6, 6.07) is 13.8. The Balaban J connectivity index is 1.50. The number of aryl methyl sites for hydroxylation is 2. The van der Waals surface area contributed by atoms with Gasteiger partial charge >= 0.3 is 0 Å². The monoisotopic (exact) mass is 365 g/mol. The van der Waals surface area contributed by atoms with E-state index in [1.165, 1.54) is 11.8 Å². The topological polar surface area (TPSA) is 72.2 Å². The van der Waals surface area contributed by atoms with Gasteiger partial charge in [0.15, 0.2) is 5.16 Å². The molecule has 6 nitrogen and oxygen atoms in total. The molecule has 7 heteroatoms. The van der Waals surface area contributed by atoms with Crippen molar-refractivity contribution in [2.24, 2.45) is 5.10 Å². The zero-order valence-corrected chi connectivity index (χ0v) is 15.4. The van der Waals surface area contributed by atoms with E-state index in [1.54, 1.807) is 6.21 Å². The minimum Gasteiger partial charge on any atom is -0.323 e. The molecule has 0 saturated heterocycles. The van der Waals surface area contributed by atoms with Gasteiger partial charge in [-0.25, -0.2) is 15.4 Å². The normalized spacial score (nSPS) is 11.0. The molecule has 0 aliphatic carbocycles. The molecule has 0 aliphatic heterocycles. The van der Waals surface area contributed by atoms with Crippen LogP contribution in [-0.2, 0) is 4.79 Å². The first-order valence-electron chi connectivity index (χ1n) is 8.10. The van der Waals surface area contributed by atoms with Gasteiger partial charge < -0.3 is 4.57 Å². The molecule has 0 saturated carbocycles. The molecule has 1 amide bonds. The summed E-state index contributed by atoms with van der Waals surface area (Å²) < 4.78 is 2.00. The van der Waals surface area contributed by atoms with Crippen LogP contribution in [0.5, 0.6) is 0 Å². The lowest BCUT2D eigenvalue weighted by Gasteiger charge is -2.02. The highest BCUT2D eigenvalue weighted by atomic mass is 32.2. The number of carbonyl (C=O) groups excluding carboxylic acids is 1. The number of hydrogen-bond acceptors (Lipinski definition) is 5. The molecule has 132 valence electrons. The molecule has 1 aromatic carbocycles. The number of thioether (sulfide) groups is 1. The molecular formula is C19H19N5OS. The summed E-state index contributed by atoms with van der Waals surface area (Å²) in [7, 11) is 0. The van der Waals surface area contributed by atoms with Crippen molar-refractivity contribution in [1.82, 2.24) is 20.0 Å². The van der Waals surface area contributed by atoms with E-state index in [0.29, 0.717) is 5.16 Å². The van der Waals surface area contributed by atoms with Gasteiger partial charge in [-0.15, -0.1) is 0 Å². The van der Waals surface area contributed by atoms with E-state index in [4.69, 9.17) is 0 Å². The lowest BCUT2D eigenvalue weighted by molar-refractivity contribution is -0.118. The Hall–Kier alpha value is -2.93. The number of hydrazone groups is 1. The Kier molecular flexibility index (Phi) is 5.80. The highest BCUT2D eigenvalue weighted by Gasteiger charge is 2.05. The third-order valence-corrected chi connectivity index (χ3v) is 4.31. The summed E-state index contributed by atoms with van der Waals surface area (Å²) in [5.74, 6) is 0.0159. The summed E-state index contributed by atoms with van der Waals surface area (Å²) in [5, 5.41) is 4.60. The first-order valence-corrected chi connectivity index (χ1v) is 9.09. The number of para-hydroxylation sites is 1. The van der Waals surface area contributed by atoms with E-state index in [0.717, 1.165) is 22.6 Å². The van der Waals surface area contributed by atoms with Crippen LogP contribution in [0.4, 0.5) is 0 Å². The first kappa shape index (κ1) is 17.9. The maximum Gasteiger partial charge on any atom is 0.250 e. The quantitative estimate of drug-likeness (QED) is 0.315. The largest absolute Gasteiger partial charge is 0.323 e. The van der Waals surface area contributed by atoms with Crippen molar-refractivity contribution >= 4 is 23.9 Å². The van der Waals surface area contributed by atoms with Crippen molar-refractivity contribution in [1.29, 1.82) is 0 Å². The second kappa shape index (κ2) is 8.44. The minimum absolute atomic E-state index is 0.198. The molecule has 0 radical (unpaired) electrons. The van der Waals surface area contributed by atoms with Crippen molar-refractivity contribution in [3.8, 4) is 5.69 Å². The maximum absolute atomic E-state index is 11.9. The Morgan fingerprint density at radius 3 is 2.65 bits per heavy atom. The van der Waals surface area contributed by atoms with Gasteiger partial charge in [0.1, 0.15) is 0 Å². The number of carbonyl (C=O) groups is 1.